The highest BCUT2D eigenvalue weighted by atomic mass is 28.5. The number of hydrogen-bond donors (Lipinski definition) is 1. The highest BCUT2D eigenvalue weighted by Gasteiger charge is 2.44. The first-order chi connectivity index (χ1) is 11.7. The lowest BCUT2D eigenvalue weighted by atomic mass is 10.2. The molecule has 0 aliphatic heterocycles. The molecule has 0 aromatic carbocycles. The van der Waals surface area contributed by atoms with Gasteiger partial charge in [-0.1, -0.05) is 0 Å². The van der Waals surface area contributed by atoms with Gasteiger partial charge < -0.3 is 22.2 Å². The summed E-state index contributed by atoms with van der Waals surface area (Å²) in [4.78, 5) is 0. The van der Waals surface area contributed by atoms with E-state index in [0.29, 0.717) is 0 Å². The Morgan fingerprint density at radius 3 is 1.65 bits per heavy atom. The molecule has 1 atom stereocenters. The number of rotatable bonds is 15. The standard InChI is InChI=1S/C17H44O5Si4/c1-23(2,3)20-25(7,8)22-26(9,21-24(4,5)6)17-13-16-19-15-12-10-11-14-18/h18H,10-17H2,1-9H3. The predicted molar refractivity (Wildman–Crippen MR) is 120 cm³/mol. The Balaban J connectivity index is 4.59. The Morgan fingerprint density at radius 1 is 0.615 bits per heavy atom. The first-order valence-corrected chi connectivity index (χ1v) is 22.1. The van der Waals surface area contributed by atoms with Crippen LogP contribution in [0.4, 0.5) is 0 Å². The first-order valence-electron chi connectivity index (χ1n) is 9.97. The molecule has 0 spiro atoms. The van der Waals surface area contributed by atoms with Crippen molar-refractivity contribution in [3.05, 3.63) is 0 Å². The van der Waals surface area contributed by atoms with Crippen molar-refractivity contribution in [2.45, 2.75) is 90.7 Å². The van der Waals surface area contributed by atoms with E-state index in [4.69, 9.17) is 22.2 Å². The van der Waals surface area contributed by atoms with E-state index in [0.717, 1.165) is 44.9 Å². The largest absolute Gasteiger partial charge is 0.437 e. The van der Waals surface area contributed by atoms with Crippen LogP contribution < -0.4 is 0 Å². The van der Waals surface area contributed by atoms with Crippen LogP contribution >= 0.6 is 0 Å². The Hall–Kier alpha value is 0.668. The van der Waals surface area contributed by atoms with Crippen LogP contribution in [0.3, 0.4) is 0 Å². The maximum Gasteiger partial charge on any atom is 0.315 e. The minimum atomic E-state index is -2.29. The molecule has 0 aromatic heterocycles. The maximum absolute atomic E-state index is 8.79. The fourth-order valence-corrected chi connectivity index (χ4v) is 21.1. The molecule has 26 heavy (non-hydrogen) atoms. The van der Waals surface area contributed by atoms with Gasteiger partial charge in [0.25, 0.3) is 0 Å². The molecule has 0 amide bonds. The third kappa shape index (κ3) is 15.7. The van der Waals surface area contributed by atoms with Crippen molar-refractivity contribution in [1.29, 1.82) is 0 Å². The Bertz CT molecular complexity index is 382. The molecule has 0 bridgehead atoms. The van der Waals surface area contributed by atoms with Crippen LogP contribution in [0.1, 0.15) is 25.7 Å². The average Bonchev–Trinajstić information content (AvgIpc) is 2.35. The molecule has 0 aliphatic carbocycles. The van der Waals surface area contributed by atoms with Crippen LogP contribution in [0.2, 0.25) is 65.0 Å². The van der Waals surface area contributed by atoms with Gasteiger partial charge in [-0.25, -0.2) is 0 Å². The van der Waals surface area contributed by atoms with E-state index < -0.39 is 33.8 Å². The zero-order chi connectivity index (χ0) is 20.5. The zero-order valence-electron chi connectivity index (χ0n) is 18.7. The van der Waals surface area contributed by atoms with Crippen LogP contribution in [-0.2, 0) is 17.1 Å². The summed E-state index contributed by atoms with van der Waals surface area (Å²) in [5.41, 5.74) is 0. The number of aliphatic hydroxyl groups excluding tert-OH is 1. The summed E-state index contributed by atoms with van der Waals surface area (Å²) in [6.45, 7) is 21.6. The summed E-state index contributed by atoms with van der Waals surface area (Å²) in [6, 6.07) is 0.944. The molecule has 1 N–H and O–H groups in total. The SMILES string of the molecule is C[Si](C)(C)O[Si](C)(C)O[Si](C)(CCCOCCCCCO)O[Si](C)(C)C. The Labute approximate surface area is 166 Å². The monoisotopic (exact) mass is 440 g/mol. The van der Waals surface area contributed by atoms with E-state index in [-0.39, 0.29) is 6.61 Å². The number of ether oxygens (including phenoxy) is 1. The third-order valence-electron chi connectivity index (χ3n) is 3.40. The molecule has 9 heteroatoms. The van der Waals surface area contributed by atoms with Gasteiger partial charge in [-0.3, -0.25) is 0 Å². The van der Waals surface area contributed by atoms with E-state index in [1.807, 2.05) is 0 Å². The highest BCUT2D eigenvalue weighted by molar-refractivity contribution is 6.89. The minimum absolute atomic E-state index is 0.272. The zero-order valence-corrected chi connectivity index (χ0v) is 22.7. The molecule has 1 unspecified atom stereocenters. The summed E-state index contributed by atoms with van der Waals surface area (Å²) in [7, 11) is -7.83. The van der Waals surface area contributed by atoms with Crippen LogP contribution in [-0.4, -0.2) is 58.7 Å². The van der Waals surface area contributed by atoms with Crippen molar-refractivity contribution in [2.75, 3.05) is 19.8 Å². The van der Waals surface area contributed by atoms with Gasteiger partial charge in [0.15, 0.2) is 16.6 Å². The molecule has 0 saturated heterocycles. The quantitative estimate of drug-likeness (QED) is 0.285. The molecular formula is C17H44O5Si4. The second-order valence-corrected chi connectivity index (χ2v) is 26.0. The molecule has 0 aromatic rings. The second-order valence-electron chi connectivity index (χ2n) is 9.56. The number of hydrogen-bond acceptors (Lipinski definition) is 5. The maximum atomic E-state index is 8.79. The van der Waals surface area contributed by atoms with Crippen molar-refractivity contribution in [3.8, 4) is 0 Å². The fraction of sp³-hybridized carbons (Fsp3) is 1.00. The van der Waals surface area contributed by atoms with E-state index in [9.17, 15) is 0 Å². The van der Waals surface area contributed by atoms with Gasteiger partial charge in [-0.2, -0.15) is 0 Å². The molecule has 5 nitrogen and oxygen atoms in total. The summed E-state index contributed by atoms with van der Waals surface area (Å²) in [6.07, 6.45) is 3.87. The van der Waals surface area contributed by atoms with Crippen molar-refractivity contribution < 1.29 is 22.2 Å². The van der Waals surface area contributed by atoms with E-state index in [2.05, 4.69) is 58.9 Å². The summed E-state index contributed by atoms with van der Waals surface area (Å²) in [5, 5.41) is 8.79. The van der Waals surface area contributed by atoms with E-state index in [1.165, 1.54) is 0 Å². The van der Waals surface area contributed by atoms with Crippen LogP contribution in [0.5, 0.6) is 0 Å². The molecule has 0 radical (unpaired) electrons. The molecule has 0 heterocycles. The second kappa shape index (κ2) is 11.6. The third-order valence-corrected chi connectivity index (χ3v) is 16.9. The van der Waals surface area contributed by atoms with Gasteiger partial charge >= 0.3 is 17.1 Å². The molecule has 0 aliphatic rings. The summed E-state index contributed by atoms with van der Waals surface area (Å²) >= 11 is 0. The summed E-state index contributed by atoms with van der Waals surface area (Å²) in [5.74, 6) is 0. The Morgan fingerprint density at radius 2 is 1.15 bits per heavy atom. The van der Waals surface area contributed by atoms with Crippen LogP contribution in [0, 0.1) is 0 Å². The van der Waals surface area contributed by atoms with Crippen molar-refractivity contribution >= 4 is 33.8 Å². The highest BCUT2D eigenvalue weighted by Crippen LogP contribution is 2.27. The minimum Gasteiger partial charge on any atom is -0.437 e. The van der Waals surface area contributed by atoms with Crippen molar-refractivity contribution in [3.63, 3.8) is 0 Å². The lowest BCUT2D eigenvalue weighted by molar-refractivity contribution is 0.127. The fourth-order valence-electron chi connectivity index (χ4n) is 3.14. The van der Waals surface area contributed by atoms with E-state index >= 15 is 0 Å². The Kier molecular flexibility index (Phi) is 11.9. The average molecular weight is 441 g/mol. The van der Waals surface area contributed by atoms with Crippen molar-refractivity contribution in [2.24, 2.45) is 0 Å². The lowest BCUT2D eigenvalue weighted by Gasteiger charge is -2.41. The van der Waals surface area contributed by atoms with Gasteiger partial charge in [0.05, 0.1) is 0 Å². The van der Waals surface area contributed by atoms with Gasteiger partial charge in [0.2, 0.25) is 0 Å². The van der Waals surface area contributed by atoms with Gasteiger partial charge in [-0.05, 0) is 90.7 Å². The molecular weight excluding hydrogens is 397 g/mol. The first kappa shape index (κ1) is 26.7. The van der Waals surface area contributed by atoms with Crippen LogP contribution in [0.25, 0.3) is 0 Å². The summed E-state index contributed by atoms with van der Waals surface area (Å²) < 4.78 is 25.4. The number of aliphatic hydroxyl groups is 1. The predicted octanol–water partition coefficient (Wildman–Crippen LogP) is 5.05. The molecule has 0 fully saturated rings. The van der Waals surface area contributed by atoms with Gasteiger partial charge in [-0.15, -0.1) is 0 Å². The topological polar surface area (TPSA) is 57.2 Å². The van der Waals surface area contributed by atoms with Crippen molar-refractivity contribution in [1.82, 2.24) is 0 Å². The number of unbranched alkanes of at least 4 members (excludes halogenated alkanes) is 2. The molecule has 158 valence electrons. The van der Waals surface area contributed by atoms with E-state index in [1.54, 1.807) is 0 Å². The smallest absolute Gasteiger partial charge is 0.315 e. The molecule has 0 saturated carbocycles. The lowest BCUT2D eigenvalue weighted by Crippen LogP contribution is -2.56. The normalized spacial score (nSPS) is 15.9. The van der Waals surface area contributed by atoms with Gasteiger partial charge in [0.1, 0.15) is 0 Å². The van der Waals surface area contributed by atoms with Gasteiger partial charge in [0, 0.05) is 19.8 Å². The molecule has 0 rings (SSSR count). The van der Waals surface area contributed by atoms with Crippen LogP contribution in [0.15, 0.2) is 0 Å².